The average Bonchev–Trinajstić information content (AvgIpc) is 3.23. The van der Waals surface area contributed by atoms with E-state index in [9.17, 15) is 0 Å². The number of aryl methyl sites for hydroxylation is 1. The van der Waals surface area contributed by atoms with Gasteiger partial charge in [-0.25, -0.2) is 9.98 Å². The number of benzene rings is 4. The molecule has 5 aromatic rings. The van der Waals surface area contributed by atoms with Crippen molar-refractivity contribution in [1.29, 1.82) is 0 Å². The molecule has 4 aromatic carbocycles. The summed E-state index contributed by atoms with van der Waals surface area (Å²) in [5.74, 6) is 0.535. The molecule has 1 aromatic heterocycles. The third-order valence-electron chi connectivity index (χ3n) is 7.97. The molecule has 41 heavy (non-hydrogen) atoms. The number of nitrogens with zero attached hydrogens (tertiary/aromatic N) is 3. The lowest BCUT2D eigenvalue weighted by Gasteiger charge is -2.22. The van der Waals surface area contributed by atoms with Gasteiger partial charge >= 0.3 is 0 Å². The zero-order chi connectivity index (χ0) is 28.6. The summed E-state index contributed by atoms with van der Waals surface area (Å²) in [6, 6.07) is 37.8. The van der Waals surface area contributed by atoms with Crippen molar-refractivity contribution < 1.29 is 0 Å². The SMILES string of the molecule is C=C(N=C(N=C(C)c1ccccc1)c1ccc(-c2ccc3c(c2)C(C)(C)c2cc(C)ccc2-3)cn1)c1ccccc1. The van der Waals surface area contributed by atoms with E-state index >= 15 is 0 Å². The summed E-state index contributed by atoms with van der Waals surface area (Å²) in [5.41, 5.74) is 13.0. The van der Waals surface area contributed by atoms with Gasteiger partial charge in [0.05, 0.1) is 5.70 Å². The van der Waals surface area contributed by atoms with Crippen LogP contribution < -0.4 is 0 Å². The molecule has 0 saturated heterocycles. The number of aromatic nitrogens is 1. The Morgan fingerprint density at radius 1 is 0.683 bits per heavy atom. The molecule has 0 amide bonds. The number of aliphatic imine (C=N–C) groups is 2. The van der Waals surface area contributed by atoms with Crippen LogP contribution in [0, 0.1) is 6.92 Å². The summed E-state index contributed by atoms with van der Waals surface area (Å²) < 4.78 is 0. The molecule has 0 aliphatic heterocycles. The highest BCUT2D eigenvalue weighted by atomic mass is 15.0. The molecule has 3 nitrogen and oxygen atoms in total. The molecule has 0 radical (unpaired) electrons. The predicted molar refractivity (Wildman–Crippen MR) is 173 cm³/mol. The molecule has 1 aliphatic carbocycles. The lowest BCUT2D eigenvalue weighted by Crippen LogP contribution is -2.15. The van der Waals surface area contributed by atoms with Gasteiger partial charge in [-0.3, -0.25) is 4.98 Å². The maximum atomic E-state index is 4.92. The standard InChI is InChI=1S/C38H33N3/c1-25-16-19-32-33-20-17-30(23-35(33)38(4,5)34(32)22-25)31-18-21-36(39-24-31)37(40-26(2)28-12-8-6-9-13-28)41-27(3)29-14-10-7-11-15-29/h6-24H,2H2,1,3-5H3. The molecular weight excluding hydrogens is 498 g/mol. The van der Waals surface area contributed by atoms with Gasteiger partial charge in [0.25, 0.3) is 0 Å². The fourth-order valence-corrected chi connectivity index (χ4v) is 5.59. The van der Waals surface area contributed by atoms with Crippen LogP contribution in [0.4, 0.5) is 0 Å². The minimum atomic E-state index is -0.0542. The second-order valence-corrected chi connectivity index (χ2v) is 11.2. The first-order chi connectivity index (χ1) is 19.8. The van der Waals surface area contributed by atoms with Crippen molar-refractivity contribution in [3.8, 4) is 22.3 Å². The Morgan fingerprint density at radius 3 is 1.95 bits per heavy atom. The van der Waals surface area contributed by atoms with E-state index in [1.54, 1.807) is 0 Å². The first kappa shape index (κ1) is 26.3. The highest BCUT2D eigenvalue weighted by molar-refractivity contribution is 6.12. The molecule has 0 bridgehead atoms. The summed E-state index contributed by atoms with van der Waals surface area (Å²) in [5, 5.41) is 0. The predicted octanol–water partition coefficient (Wildman–Crippen LogP) is 9.29. The van der Waals surface area contributed by atoms with Crippen molar-refractivity contribution in [2.75, 3.05) is 0 Å². The van der Waals surface area contributed by atoms with E-state index in [0.29, 0.717) is 17.2 Å². The Morgan fingerprint density at radius 2 is 1.29 bits per heavy atom. The molecule has 1 aliphatic rings. The molecule has 0 spiro atoms. The highest BCUT2D eigenvalue weighted by Gasteiger charge is 2.35. The third kappa shape index (κ3) is 5.07. The van der Waals surface area contributed by atoms with Crippen LogP contribution in [0.5, 0.6) is 0 Å². The van der Waals surface area contributed by atoms with Crippen molar-refractivity contribution in [3.63, 3.8) is 0 Å². The molecule has 0 saturated carbocycles. The van der Waals surface area contributed by atoms with Crippen molar-refractivity contribution in [2.24, 2.45) is 9.98 Å². The normalized spacial score (nSPS) is 14.0. The van der Waals surface area contributed by atoms with Gasteiger partial charge in [0, 0.05) is 22.9 Å². The largest absolute Gasteiger partial charge is 0.252 e. The lowest BCUT2D eigenvalue weighted by molar-refractivity contribution is 0.660. The fourth-order valence-electron chi connectivity index (χ4n) is 5.59. The minimum Gasteiger partial charge on any atom is -0.252 e. The first-order valence-corrected chi connectivity index (χ1v) is 14.0. The molecule has 0 unspecified atom stereocenters. The van der Waals surface area contributed by atoms with Gasteiger partial charge in [-0.15, -0.1) is 0 Å². The second kappa shape index (κ2) is 10.6. The maximum Gasteiger partial charge on any atom is 0.178 e. The Labute approximate surface area is 242 Å². The van der Waals surface area contributed by atoms with Crippen LogP contribution in [0.2, 0.25) is 0 Å². The van der Waals surface area contributed by atoms with Gasteiger partial charge in [-0.2, -0.15) is 0 Å². The van der Waals surface area contributed by atoms with Gasteiger partial charge in [0.1, 0.15) is 5.69 Å². The van der Waals surface area contributed by atoms with E-state index in [1.807, 2.05) is 79.9 Å². The maximum absolute atomic E-state index is 4.92. The van der Waals surface area contributed by atoms with Gasteiger partial charge in [0.2, 0.25) is 0 Å². The minimum absolute atomic E-state index is 0.0542. The van der Waals surface area contributed by atoms with E-state index < -0.39 is 0 Å². The number of hydrogen-bond donors (Lipinski definition) is 0. The van der Waals surface area contributed by atoms with E-state index in [1.165, 1.54) is 27.8 Å². The Kier molecular flexibility index (Phi) is 6.80. The molecule has 6 rings (SSSR count). The van der Waals surface area contributed by atoms with E-state index in [2.05, 4.69) is 69.8 Å². The molecule has 0 N–H and O–H groups in total. The molecule has 3 heteroatoms. The van der Waals surface area contributed by atoms with Crippen LogP contribution in [0.3, 0.4) is 0 Å². The molecule has 1 heterocycles. The zero-order valence-electron chi connectivity index (χ0n) is 24.0. The van der Waals surface area contributed by atoms with E-state index in [-0.39, 0.29) is 5.41 Å². The quantitative estimate of drug-likeness (QED) is 0.164. The number of hydrogen-bond acceptors (Lipinski definition) is 2. The second-order valence-electron chi connectivity index (χ2n) is 11.2. The molecular formula is C38H33N3. The topological polar surface area (TPSA) is 37.6 Å². The number of rotatable bonds is 5. The van der Waals surface area contributed by atoms with Crippen molar-refractivity contribution in [1.82, 2.24) is 4.98 Å². The molecule has 200 valence electrons. The van der Waals surface area contributed by atoms with Crippen LogP contribution in [0.25, 0.3) is 28.0 Å². The molecule has 0 atom stereocenters. The monoisotopic (exact) mass is 531 g/mol. The first-order valence-electron chi connectivity index (χ1n) is 14.0. The van der Waals surface area contributed by atoms with Crippen LogP contribution in [-0.2, 0) is 5.41 Å². The average molecular weight is 532 g/mol. The smallest absolute Gasteiger partial charge is 0.178 e. The third-order valence-corrected chi connectivity index (χ3v) is 7.97. The summed E-state index contributed by atoms with van der Waals surface area (Å²) in [6.07, 6.45) is 1.92. The van der Waals surface area contributed by atoms with Crippen molar-refractivity contribution in [3.05, 3.63) is 155 Å². The summed E-state index contributed by atoms with van der Waals surface area (Å²) in [7, 11) is 0. The van der Waals surface area contributed by atoms with Crippen molar-refractivity contribution >= 4 is 17.2 Å². The van der Waals surface area contributed by atoms with Crippen molar-refractivity contribution in [2.45, 2.75) is 33.1 Å². The number of amidine groups is 1. The van der Waals surface area contributed by atoms with Gasteiger partial charge in [-0.05, 0) is 64.9 Å². The highest BCUT2D eigenvalue weighted by Crippen LogP contribution is 2.49. The Balaban J connectivity index is 1.37. The Bertz CT molecular complexity index is 1810. The number of pyridine rings is 1. The van der Waals surface area contributed by atoms with Crippen LogP contribution in [0.1, 0.15) is 54.3 Å². The van der Waals surface area contributed by atoms with Gasteiger partial charge in [-0.1, -0.05) is 123 Å². The van der Waals surface area contributed by atoms with Crippen LogP contribution >= 0.6 is 0 Å². The Hall–Kier alpha value is -4.89. The zero-order valence-corrected chi connectivity index (χ0v) is 24.0. The molecule has 0 fully saturated rings. The fraction of sp³-hybridized carbons (Fsp3) is 0.132. The van der Waals surface area contributed by atoms with Gasteiger partial charge in [0.15, 0.2) is 5.84 Å². The summed E-state index contributed by atoms with van der Waals surface area (Å²) in [6.45, 7) is 13.0. The van der Waals surface area contributed by atoms with Crippen LogP contribution in [-0.4, -0.2) is 16.5 Å². The summed E-state index contributed by atoms with van der Waals surface area (Å²) >= 11 is 0. The number of fused-ring (bicyclic) bond motifs is 3. The van der Waals surface area contributed by atoms with Crippen LogP contribution in [0.15, 0.2) is 132 Å². The van der Waals surface area contributed by atoms with E-state index in [0.717, 1.165) is 28.0 Å². The lowest BCUT2D eigenvalue weighted by atomic mass is 9.81. The van der Waals surface area contributed by atoms with Gasteiger partial charge < -0.3 is 0 Å². The van der Waals surface area contributed by atoms with E-state index in [4.69, 9.17) is 15.0 Å². The summed E-state index contributed by atoms with van der Waals surface area (Å²) in [4.78, 5) is 14.6.